The molecular weight excluding hydrogens is 491 g/mol. The summed E-state index contributed by atoms with van der Waals surface area (Å²) in [6.07, 6.45) is -1.88. The van der Waals surface area contributed by atoms with Crippen LogP contribution in [-0.2, 0) is 15.7 Å². The SMILES string of the molecule is CC1(O)CC(Nc2nc(N3CC(N4CCOCC4=O)C3)c3cnn(-c4cccc(C(F)(F)F)c4)c3n2)C1. The quantitative estimate of drug-likeness (QED) is 0.531. The van der Waals surface area contributed by atoms with Crippen LogP contribution in [-0.4, -0.2) is 86.2 Å². The number of aliphatic hydroxyl groups is 1. The molecule has 2 N–H and O–H groups in total. The van der Waals surface area contributed by atoms with Gasteiger partial charge in [-0.1, -0.05) is 6.07 Å². The number of nitrogens with zero attached hydrogens (tertiary/aromatic N) is 6. The van der Waals surface area contributed by atoms with Crippen LogP contribution in [0.4, 0.5) is 24.9 Å². The van der Waals surface area contributed by atoms with E-state index in [1.54, 1.807) is 19.2 Å². The smallest absolute Gasteiger partial charge is 0.390 e. The number of ether oxygens (including phenoxy) is 1. The first-order valence-electron chi connectivity index (χ1n) is 12.1. The number of nitrogens with one attached hydrogen (secondary N) is 1. The maximum Gasteiger partial charge on any atom is 0.416 e. The second-order valence-corrected chi connectivity index (χ2v) is 10.2. The van der Waals surface area contributed by atoms with Crippen molar-refractivity contribution in [2.24, 2.45) is 0 Å². The Hall–Kier alpha value is -3.45. The molecule has 2 aromatic heterocycles. The number of hydrogen-bond donors (Lipinski definition) is 2. The molecule has 0 spiro atoms. The fraction of sp³-hybridized carbons (Fsp3) is 0.500. The average molecular weight is 518 g/mol. The summed E-state index contributed by atoms with van der Waals surface area (Å²) in [6, 6.07) is 4.93. The lowest BCUT2D eigenvalue weighted by atomic mass is 9.77. The number of benzene rings is 1. The predicted octanol–water partition coefficient (Wildman–Crippen LogP) is 2.21. The number of morpholine rings is 1. The van der Waals surface area contributed by atoms with Crippen LogP contribution >= 0.6 is 0 Å². The Labute approximate surface area is 210 Å². The molecule has 3 aliphatic rings. The first kappa shape index (κ1) is 23.9. The normalized spacial score (nSPS) is 24.8. The molecular formula is C24H26F3N7O3. The van der Waals surface area contributed by atoms with Gasteiger partial charge in [-0.05, 0) is 38.0 Å². The summed E-state index contributed by atoms with van der Waals surface area (Å²) in [5.41, 5.74) is -0.935. The van der Waals surface area contributed by atoms with Gasteiger partial charge in [0.05, 0.1) is 41.1 Å². The molecule has 0 bridgehead atoms. The van der Waals surface area contributed by atoms with Crippen molar-refractivity contribution in [3.63, 3.8) is 0 Å². The number of aromatic nitrogens is 4. The molecule has 0 atom stereocenters. The molecule has 2 saturated heterocycles. The average Bonchev–Trinajstić information content (AvgIpc) is 3.22. The van der Waals surface area contributed by atoms with E-state index in [0.717, 1.165) is 12.1 Å². The Bertz CT molecular complexity index is 1350. The Morgan fingerprint density at radius 2 is 2.00 bits per heavy atom. The van der Waals surface area contributed by atoms with Gasteiger partial charge >= 0.3 is 6.18 Å². The summed E-state index contributed by atoms with van der Waals surface area (Å²) in [6.45, 7) is 4.00. The summed E-state index contributed by atoms with van der Waals surface area (Å²) in [5, 5.41) is 18.3. The van der Waals surface area contributed by atoms with Crippen LogP contribution in [0.25, 0.3) is 16.7 Å². The van der Waals surface area contributed by atoms with Gasteiger partial charge in [0, 0.05) is 25.7 Å². The number of fused-ring (bicyclic) bond motifs is 1. The molecule has 2 aliphatic heterocycles. The number of halogens is 3. The third kappa shape index (κ3) is 4.46. The largest absolute Gasteiger partial charge is 0.416 e. The lowest BCUT2D eigenvalue weighted by Crippen LogP contribution is -2.63. The van der Waals surface area contributed by atoms with Crippen molar-refractivity contribution < 1.29 is 27.8 Å². The van der Waals surface area contributed by atoms with E-state index in [0.29, 0.717) is 61.9 Å². The van der Waals surface area contributed by atoms with Crippen LogP contribution in [0, 0.1) is 0 Å². The van der Waals surface area contributed by atoms with Gasteiger partial charge in [-0.2, -0.15) is 28.2 Å². The molecule has 37 heavy (non-hydrogen) atoms. The molecule has 0 unspecified atom stereocenters. The molecule has 3 aromatic rings. The summed E-state index contributed by atoms with van der Waals surface area (Å²) >= 11 is 0. The zero-order valence-corrected chi connectivity index (χ0v) is 20.1. The molecule has 1 aliphatic carbocycles. The molecule has 0 radical (unpaired) electrons. The molecule has 4 heterocycles. The van der Waals surface area contributed by atoms with Crippen molar-refractivity contribution >= 4 is 28.7 Å². The van der Waals surface area contributed by atoms with Crippen LogP contribution in [0.1, 0.15) is 25.3 Å². The zero-order valence-electron chi connectivity index (χ0n) is 20.1. The number of rotatable bonds is 5. The monoisotopic (exact) mass is 517 g/mol. The third-order valence-electron chi connectivity index (χ3n) is 7.16. The first-order chi connectivity index (χ1) is 17.6. The van der Waals surface area contributed by atoms with Gasteiger partial charge in [0.2, 0.25) is 11.9 Å². The van der Waals surface area contributed by atoms with Gasteiger partial charge < -0.3 is 25.0 Å². The van der Waals surface area contributed by atoms with Crippen LogP contribution in [0.2, 0.25) is 0 Å². The highest BCUT2D eigenvalue weighted by Gasteiger charge is 2.40. The van der Waals surface area contributed by atoms with Crippen molar-refractivity contribution in [1.29, 1.82) is 0 Å². The fourth-order valence-electron chi connectivity index (χ4n) is 5.23. The molecule has 1 aromatic carbocycles. The second kappa shape index (κ2) is 8.55. The number of alkyl halides is 3. The van der Waals surface area contributed by atoms with E-state index < -0.39 is 17.3 Å². The Morgan fingerprint density at radius 3 is 2.70 bits per heavy atom. The minimum atomic E-state index is -4.49. The Balaban J connectivity index is 1.34. The van der Waals surface area contributed by atoms with Gasteiger partial charge in [-0.15, -0.1) is 0 Å². The van der Waals surface area contributed by atoms with E-state index in [2.05, 4.69) is 15.4 Å². The van der Waals surface area contributed by atoms with E-state index in [9.17, 15) is 23.1 Å². The number of anilines is 2. The fourth-order valence-corrected chi connectivity index (χ4v) is 5.23. The number of carbonyl (C=O) groups excluding carboxylic acids is 1. The maximum atomic E-state index is 13.4. The van der Waals surface area contributed by atoms with E-state index in [1.807, 2.05) is 9.80 Å². The van der Waals surface area contributed by atoms with Crippen molar-refractivity contribution in [3.8, 4) is 5.69 Å². The van der Waals surface area contributed by atoms with Gasteiger partial charge in [-0.25, -0.2) is 4.68 Å². The number of carbonyl (C=O) groups is 1. The van der Waals surface area contributed by atoms with Crippen LogP contribution in [0.5, 0.6) is 0 Å². The second-order valence-electron chi connectivity index (χ2n) is 10.2. The first-order valence-corrected chi connectivity index (χ1v) is 12.1. The minimum absolute atomic E-state index is 0.0260. The topological polar surface area (TPSA) is 109 Å². The van der Waals surface area contributed by atoms with Crippen molar-refractivity contribution in [1.82, 2.24) is 24.6 Å². The Morgan fingerprint density at radius 1 is 1.22 bits per heavy atom. The minimum Gasteiger partial charge on any atom is -0.390 e. The van der Waals surface area contributed by atoms with Crippen LogP contribution in [0.3, 0.4) is 0 Å². The lowest BCUT2D eigenvalue weighted by Gasteiger charge is -2.47. The van der Waals surface area contributed by atoms with Crippen LogP contribution in [0.15, 0.2) is 30.5 Å². The number of hydrogen-bond acceptors (Lipinski definition) is 8. The Kier molecular flexibility index (Phi) is 5.53. The van der Waals surface area contributed by atoms with Crippen LogP contribution < -0.4 is 10.2 Å². The third-order valence-corrected chi connectivity index (χ3v) is 7.16. The predicted molar refractivity (Wildman–Crippen MR) is 127 cm³/mol. The molecule has 13 heteroatoms. The lowest BCUT2D eigenvalue weighted by molar-refractivity contribution is -0.146. The molecule has 1 saturated carbocycles. The highest BCUT2D eigenvalue weighted by Crippen LogP contribution is 2.36. The van der Waals surface area contributed by atoms with Crippen molar-refractivity contribution in [2.45, 2.75) is 43.6 Å². The van der Waals surface area contributed by atoms with Crippen molar-refractivity contribution in [2.75, 3.05) is 43.1 Å². The van der Waals surface area contributed by atoms with E-state index in [1.165, 1.54) is 10.7 Å². The molecule has 3 fully saturated rings. The summed E-state index contributed by atoms with van der Waals surface area (Å²) in [4.78, 5) is 25.4. The van der Waals surface area contributed by atoms with E-state index in [4.69, 9.17) is 9.72 Å². The highest BCUT2D eigenvalue weighted by molar-refractivity contribution is 5.90. The summed E-state index contributed by atoms with van der Waals surface area (Å²) in [5.74, 6) is 0.858. The number of amides is 1. The van der Waals surface area contributed by atoms with Gasteiger partial charge in [-0.3, -0.25) is 4.79 Å². The highest BCUT2D eigenvalue weighted by atomic mass is 19.4. The van der Waals surface area contributed by atoms with Gasteiger partial charge in [0.25, 0.3) is 0 Å². The zero-order chi connectivity index (χ0) is 25.9. The van der Waals surface area contributed by atoms with Gasteiger partial charge in [0.15, 0.2) is 5.65 Å². The van der Waals surface area contributed by atoms with E-state index in [-0.39, 0.29) is 30.3 Å². The molecule has 6 rings (SSSR count). The molecule has 1 amide bonds. The maximum absolute atomic E-state index is 13.4. The molecule has 196 valence electrons. The van der Waals surface area contributed by atoms with E-state index >= 15 is 0 Å². The summed E-state index contributed by atoms with van der Waals surface area (Å²) in [7, 11) is 0. The summed E-state index contributed by atoms with van der Waals surface area (Å²) < 4.78 is 46.7. The van der Waals surface area contributed by atoms with Crippen molar-refractivity contribution in [3.05, 3.63) is 36.0 Å². The molecule has 10 nitrogen and oxygen atoms in total. The standard InChI is InChI=1S/C24H26F3N7O3/c1-23(36)8-15(9-23)29-22-30-20(32-11-17(12-32)33-5-6-37-13-19(33)35)18-10-28-34(21(18)31-22)16-4-2-3-14(7-16)24(25,26)27/h2-4,7,10,15,17,36H,5-6,8-9,11-13H2,1H3,(H,29,30,31). The van der Waals surface area contributed by atoms with Gasteiger partial charge in [0.1, 0.15) is 12.4 Å².